The highest BCUT2D eigenvalue weighted by atomic mass is 16.3. The fourth-order valence-electron chi connectivity index (χ4n) is 2.06. The summed E-state index contributed by atoms with van der Waals surface area (Å²) in [4.78, 5) is 8.00. The monoisotopic (exact) mass is 192 g/mol. The van der Waals surface area contributed by atoms with Gasteiger partial charge >= 0.3 is 0 Å². The predicted octanol–water partition coefficient (Wildman–Crippen LogP) is 1.87. The molecule has 1 saturated carbocycles. The van der Waals surface area contributed by atoms with Gasteiger partial charge in [-0.3, -0.25) is 0 Å². The molecule has 1 fully saturated rings. The van der Waals surface area contributed by atoms with Crippen molar-refractivity contribution < 1.29 is 5.11 Å². The third-order valence-corrected chi connectivity index (χ3v) is 3.16. The van der Waals surface area contributed by atoms with Crippen LogP contribution in [0.2, 0.25) is 0 Å². The molecule has 1 aliphatic rings. The number of aliphatic hydroxyl groups is 1. The summed E-state index contributed by atoms with van der Waals surface area (Å²) in [5.74, 6) is 0.733. The minimum atomic E-state index is -0.699. The Morgan fingerprint density at radius 1 is 1.43 bits per heavy atom. The van der Waals surface area contributed by atoms with Crippen LogP contribution in [0.1, 0.15) is 38.3 Å². The van der Waals surface area contributed by atoms with Crippen molar-refractivity contribution in [2.24, 2.45) is 5.92 Å². The predicted molar refractivity (Wildman–Crippen MR) is 53.6 cm³/mol. The van der Waals surface area contributed by atoms with Gasteiger partial charge in [-0.15, -0.1) is 0 Å². The Balaban J connectivity index is 2.17. The maximum Gasteiger partial charge on any atom is 0.115 e. The second-order valence-electron chi connectivity index (χ2n) is 4.31. The lowest BCUT2D eigenvalue weighted by Crippen LogP contribution is -2.31. The van der Waals surface area contributed by atoms with Gasteiger partial charge in [0.15, 0.2) is 0 Å². The lowest BCUT2D eigenvalue weighted by molar-refractivity contribution is -0.0159. The molecule has 0 unspecified atom stereocenters. The molecule has 0 aliphatic heterocycles. The molecule has 0 atom stereocenters. The molecule has 0 radical (unpaired) electrons. The van der Waals surface area contributed by atoms with Crippen molar-refractivity contribution in [3.63, 3.8) is 0 Å². The van der Waals surface area contributed by atoms with E-state index in [9.17, 15) is 5.11 Å². The van der Waals surface area contributed by atoms with Gasteiger partial charge in [0.1, 0.15) is 11.9 Å². The lowest BCUT2D eigenvalue weighted by atomic mass is 9.78. The Hall–Kier alpha value is -0.960. The molecule has 2 rings (SSSR count). The molecule has 3 heteroatoms. The van der Waals surface area contributed by atoms with Crippen molar-refractivity contribution >= 4 is 0 Å². The lowest BCUT2D eigenvalue weighted by Gasteiger charge is -2.34. The van der Waals surface area contributed by atoms with E-state index in [2.05, 4.69) is 16.9 Å². The standard InChI is InChI=1S/C11H16N2O/c1-9-2-5-11(14,6-3-9)10-4-7-12-8-13-10/h4,7-9,14H,2-3,5-6H2,1H3. The topological polar surface area (TPSA) is 46.0 Å². The zero-order chi connectivity index (χ0) is 10.0. The molecule has 0 amide bonds. The van der Waals surface area contributed by atoms with Crippen LogP contribution in [-0.4, -0.2) is 15.1 Å². The van der Waals surface area contributed by atoms with Gasteiger partial charge in [0.2, 0.25) is 0 Å². The summed E-state index contributed by atoms with van der Waals surface area (Å²) in [5.41, 5.74) is 0.0783. The molecule has 0 aromatic carbocycles. The van der Waals surface area contributed by atoms with Gasteiger partial charge in [0, 0.05) is 6.20 Å². The van der Waals surface area contributed by atoms with E-state index in [1.165, 1.54) is 6.33 Å². The van der Waals surface area contributed by atoms with Crippen molar-refractivity contribution in [2.45, 2.75) is 38.2 Å². The molecule has 3 nitrogen and oxygen atoms in total. The van der Waals surface area contributed by atoms with Crippen molar-refractivity contribution in [1.29, 1.82) is 0 Å². The average molecular weight is 192 g/mol. The second kappa shape index (κ2) is 3.65. The fourth-order valence-corrected chi connectivity index (χ4v) is 2.06. The number of nitrogens with zero attached hydrogens (tertiary/aromatic N) is 2. The highest BCUT2D eigenvalue weighted by molar-refractivity contribution is 5.10. The first-order valence-corrected chi connectivity index (χ1v) is 5.19. The molecule has 0 spiro atoms. The van der Waals surface area contributed by atoms with Crippen molar-refractivity contribution in [1.82, 2.24) is 9.97 Å². The smallest absolute Gasteiger partial charge is 0.115 e. The van der Waals surface area contributed by atoms with Crippen LogP contribution < -0.4 is 0 Å². The number of hydrogen-bond acceptors (Lipinski definition) is 3. The molecular weight excluding hydrogens is 176 g/mol. The maximum absolute atomic E-state index is 10.4. The minimum absolute atomic E-state index is 0.699. The van der Waals surface area contributed by atoms with Gasteiger partial charge in [-0.2, -0.15) is 0 Å². The summed E-state index contributed by atoms with van der Waals surface area (Å²) in [5, 5.41) is 10.4. The van der Waals surface area contributed by atoms with Gasteiger partial charge in [-0.05, 0) is 37.7 Å². The van der Waals surface area contributed by atoms with Gasteiger partial charge in [-0.1, -0.05) is 6.92 Å². The zero-order valence-corrected chi connectivity index (χ0v) is 8.48. The largest absolute Gasteiger partial charge is 0.384 e. The van der Waals surface area contributed by atoms with E-state index >= 15 is 0 Å². The maximum atomic E-state index is 10.4. The quantitative estimate of drug-likeness (QED) is 0.739. The Labute approximate surface area is 84.2 Å². The Morgan fingerprint density at radius 2 is 2.14 bits per heavy atom. The van der Waals surface area contributed by atoms with Gasteiger partial charge in [-0.25, -0.2) is 9.97 Å². The third-order valence-electron chi connectivity index (χ3n) is 3.16. The van der Waals surface area contributed by atoms with E-state index in [1.54, 1.807) is 6.20 Å². The van der Waals surface area contributed by atoms with E-state index in [0.29, 0.717) is 0 Å². The molecule has 1 heterocycles. The van der Waals surface area contributed by atoms with Crippen molar-refractivity contribution in [3.8, 4) is 0 Å². The van der Waals surface area contributed by atoms with Crippen LogP contribution in [0.15, 0.2) is 18.6 Å². The second-order valence-corrected chi connectivity index (χ2v) is 4.31. The van der Waals surface area contributed by atoms with E-state index in [-0.39, 0.29) is 0 Å². The third kappa shape index (κ3) is 1.77. The van der Waals surface area contributed by atoms with Gasteiger partial charge < -0.3 is 5.11 Å². The van der Waals surface area contributed by atoms with Crippen molar-refractivity contribution in [2.75, 3.05) is 0 Å². The number of rotatable bonds is 1. The summed E-state index contributed by atoms with van der Waals surface area (Å²) < 4.78 is 0. The number of hydrogen-bond donors (Lipinski definition) is 1. The van der Waals surface area contributed by atoms with Gasteiger partial charge in [0.25, 0.3) is 0 Å². The SMILES string of the molecule is CC1CCC(O)(c2ccncn2)CC1. The summed E-state index contributed by atoms with van der Waals surface area (Å²) >= 11 is 0. The minimum Gasteiger partial charge on any atom is -0.384 e. The van der Waals surface area contributed by atoms with Crippen LogP contribution in [0.5, 0.6) is 0 Å². The summed E-state index contributed by atoms with van der Waals surface area (Å²) in [7, 11) is 0. The molecule has 1 N–H and O–H groups in total. The number of aromatic nitrogens is 2. The molecular formula is C11H16N2O. The summed E-state index contributed by atoms with van der Waals surface area (Å²) in [6.45, 7) is 2.24. The van der Waals surface area contributed by atoms with Crippen LogP contribution in [0.3, 0.4) is 0 Å². The van der Waals surface area contributed by atoms with E-state index in [1.807, 2.05) is 6.07 Å². The van der Waals surface area contributed by atoms with Crippen LogP contribution in [-0.2, 0) is 5.60 Å². The van der Waals surface area contributed by atoms with E-state index in [4.69, 9.17) is 0 Å². The molecule has 0 bridgehead atoms. The Bertz CT molecular complexity index is 291. The Kier molecular flexibility index (Phi) is 2.50. The van der Waals surface area contributed by atoms with E-state index < -0.39 is 5.60 Å². The molecule has 1 aromatic rings. The summed E-state index contributed by atoms with van der Waals surface area (Å²) in [6.07, 6.45) is 7.01. The first kappa shape index (κ1) is 9.59. The van der Waals surface area contributed by atoms with Crippen LogP contribution >= 0.6 is 0 Å². The Morgan fingerprint density at radius 3 is 2.71 bits per heavy atom. The van der Waals surface area contributed by atoms with E-state index in [0.717, 1.165) is 37.3 Å². The van der Waals surface area contributed by atoms with Crippen LogP contribution in [0.25, 0.3) is 0 Å². The molecule has 76 valence electrons. The highest BCUT2D eigenvalue weighted by Gasteiger charge is 2.34. The van der Waals surface area contributed by atoms with Crippen LogP contribution in [0, 0.1) is 5.92 Å². The molecule has 0 saturated heterocycles. The normalized spacial score (nSPS) is 32.9. The first-order chi connectivity index (χ1) is 6.71. The molecule has 1 aromatic heterocycles. The highest BCUT2D eigenvalue weighted by Crippen LogP contribution is 2.37. The first-order valence-electron chi connectivity index (χ1n) is 5.19. The van der Waals surface area contributed by atoms with Gasteiger partial charge in [0.05, 0.1) is 5.69 Å². The fraction of sp³-hybridized carbons (Fsp3) is 0.636. The summed E-state index contributed by atoms with van der Waals surface area (Å²) in [6, 6.07) is 1.82. The molecule has 14 heavy (non-hydrogen) atoms. The zero-order valence-electron chi connectivity index (χ0n) is 8.48. The van der Waals surface area contributed by atoms with Crippen LogP contribution in [0.4, 0.5) is 0 Å². The molecule has 1 aliphatic carbocycles. The average Bonchev–Trinajstić information content (AvgIpc) is 2.24. The van der Waals surface area contributed by atoms with Crippen molar-refractivity contribution in [3.05, 3.63) is 24.3 Å².